The van der Waals surface area contributed by atoms with Crippen LogP contribution in [0.2, 0.25) is 0 Å². The summed E-state index contributed by atoms with van der Waals surface area (Å²) < 4.78 is 1.01. The van der Waals surface area contributed by atoms with E-state index >= 15 is 0 Å². The van der Waals surface area contributed by atoms with Crippen LogP contribution in [0.5, 0.6) is 0 Å². The van der Waals surface area contributed by atoms with Crippen molar-refractivity contribution < 1.29 is 4.79 Å². The molecule has 0 saturated carbocycles. The molecule has 1 saturated heterocycles. The van der Waals surface area contributed by atoms with Crippen LogP contribution < -0.4 is 15.5 Å². The van der Waals surface area contributed by atoms with E-state index in [1.165, 1.54) is 30.6 Å². The Morgan fingerprint density at radius 2 is 2.17 bits per heavy atom. The van der Waals surface area contributed by atoms with Crippen LogP contribution in [-0.2, 0) is 0 Å². The molecule has 2 amide bonds. The second kappa shape index (κ2) is 7.48. The van der Waals surface area contributed by atoms with Gasteiger partial charge in [-0.2, -0.15) is 0 Å². The first-order valence-electron chi connectivity index (χ1n) is 7.97. The molecule has 0 radical (unpaired) electrons. The zero-order chi connectivity index (χ0) is 17.1. The van der Waals surface area contributed by atoms with Crippen molar-refractivity contribution in [3.05, 3.63) is 28.2 Å². The summed E-state index contributed by atoms with van der Waals surface area (Å²) in [4.78, 5) is 14.4. The molecule has 0 bridgehead atoms. The number of aryl methyl sites for hydroxylation is 1. The fourth-order valence-electron chi connectivity index (χ4n) is 2.75. The van der Waals surface area contributed by atoms with Gasteiger partial charge < -0.3 is 10.2 Å². The van der Waals surface area contributed by atoms with Crippen molar-refractivity contribution in [2.24, 2.45) is 0 Å². The Balaban J connectivity index is 1.61. The van der Waals surface area contributed by atoms with Crippen LogP contribution in [0.3, 0.4) is 0 Å². The second-order valence-electron chi connectivity index (χ2n) is 5.97. The highest BCUT2D eigenvalue weighted by Crippen LogP contribution is 2.29. The van der Waals surface area contributed by atoms with Crippen molar-refractivity contribution >= 4 is 49.2 Å². The fraction of sp³-hybridized carbons (Fsp3) is 0.438. The average Bonchev–Trinajstić information content (AvgIpc) is 2.99. The molecule has 128 valence electrons. The van der Waals surface area contributed by atoms with Crippen molar-refractivity contribution in [1.29, 1.82) is 0 Å². The minimum atomic E-state index is -0.314. The Morgan fingerprint density at radius 3 is 2.92 bits per heavy atom. The van der Waals surface area contributed by atoms with Gasteiger partial charge in [-0.1, -0.05) is 27.3 Å². The molecule has 1 aromatic heterocycles. The summed E-state index contributed by atoms with van der Waals surface area (Å²) in [6.07, 6.45) is 3.61. The normalized spacial score (nSPS) is 17.6. The number of hydrogen-bond donors (Lipinski definition) is 2. The Hall–Kier alpha value is -1.67. The van der Waals surface area contributed by atoms with Gasteiger partial charge in [-0.3, -0.25) is 5.32 Å². The SMILES string of the molecule is Cc1cc(NC(=O)Nc2nnc(N3CCCCC3C)s2)ccc1Br. The van der Waals surface area contributed by atoms with E-state index in [1.54, 1.807) is 0 Å². The van der Waals surface area contributed by atoms with Crippen molar-refractivity contribution in [3.63, 3.8) is 0 Å². The summed E-state index contributed by atoms with van der Waals surface area (Å²) in [5.74, 6) is 0. The lowest BCUT2D eigenvalue weighted by atomic mass is 10.1. The second-order valence-corrected chi connectivity index (χ2v) is 7.78. The summed E-state index contributed by atoms with van der Waals surface area (Å²) >= 11 is 4.86. The van der Waals surface area contributed by atoms with E-state index in [4.69, 9.17) is 0 Å². The van der Waals surface area contributed by atoms with Gasteiger partial charge in [-0.15, -0.1) is 10.2 Å². The lowest BCUT2D eigenvalue weighted by molar-refractivity contribution is 0.262. The topological polar surface area (TPSA) is 70.1 Å². The van der Waals surface area contributed by atoms with Gasteiger partial charge in [0.1, 0.15) is 0 Å². The molecule has 3 rings (SSSR count). The summed E-state index contributed by atoms with van der Waals surface area (Å²) in [5, 5.41) is 15.3. The van der Waals surface area contributed by atoms with Gasteiger partial charge >= 0.3 is 6.03 Å². The molecule has 1 aliphatic heterocycles. The summed E-state index contributed by atoms with van der Waals surface area (Å²) in [6.45, 7) is 5.18. The van der Waals surface area contributed by atoms with Gasteiger partial charge in [0.15, 0.2) is 0 Å². The van der Waals surface area contributed by atoms with Crippen LogP contribution in [-0.4, -0.2) is 28.8 Å². The fourth-order valence-corrected chi connectivity index (χ4v) is 3.86. The number of nitrogens with zero attached hydrogens (tertiary/aromatic N) is 3. The maximum atomic E-state index is 12.1. The van der Waals surface area contributed by atoms with Gasteiger partial charge in [0.2, 0.25) is 10.3 Å². The summed E-state index contributed by atoms with van der Waals surface area (Å²) in [5.41, 5.74) is 1.80. The first-order valence-corrected chi connectivity index (χ1v) is 9.58. The highest BCUT2D eigenvalue weighted by atomic mass is 79.9. The van der Waals surface area contributed by atoms with E-state index < -0.39 is 0 Å². The minimum Gasteiger partial charge on any atom is -0.344 e. The molecule has 2 N–H and O–H groups in total. The van der Waals surface area contributed by atoms with Crippen LogP contribution in [0, 0.1) is 6.92 Å². The van der Waals surface area contributed by atoms with Crippen LogP contribution in [0.1, 0.15) is 31.7 Å². The van der Waals surface area contributed by atoms with Crippen LogP contribution in [0.15, 0.2) is 22.7 Å². The van der Waals surface area contributed by atoms with E-state index in [0.717, 1.165) is 27.4 Å². The lowest BCUT2D eigenvalue weighted by Gasteiger charge is -2.32. The zero-order valence-electron chi connectivity index (χ0n) is 13.7. The van der Waals surface area contributed by atoms with Crippen molar-refractivity contribution in [2.75, 3.05) is 22.1 Å². The van der Waals surface area contributed by atoms with Crippen molar-refractivity contribution in [3.8, 4) is 0 Å². The molecule has 6 nitrogen and oxygen atoms in total. The molecule has 1 atom stereocenters. The maximum Gasteiger partial charge on any atom is 0.325 e. The quantitative estimate of drug-likeness (QED) is 0.774. The average molecular weight is 410 g/mol. The summed E-state index contributed by atoms with van der Waals surface area (Å²) in [7, 11) is 0. The van der Waals surface area contributed by atoms with E-state index in [9.17, 15) is 4.79 Å². The van der Waals surface area contributed by atoms with Gasteiger partial charge in [0, 0.05) is 22.7 Å². The molecule has 0 aliphatic carbocycles. The Kier molecular flexibility index (Phi) is 5.35. The number of anilines is 3. The number of nitrogens with one attached hydrogen (secondary N) is 2. The molecular weight excluding hydrogens is 390 g/mol. The molecule has 1 aliphatic rings. The smallest absolute Gasteiger partial charge is 0.325 e. The predicted octanol–water partition coefficient (Wildman–Crippen LogP) is 4.63. The third-order valence-electron chi connectivity index (χ3n) is 4.10. The van der Waals surface area contributed by atoms with Crippen molar-refractivity contribution in [2.45, 2.75) is 39.2 Å². The number of rotatable bonds is 3. The Labute approximate surface area is 153 Å². The molecule has 2 aromatic rings. The van der Waals surface area contributed by atoms with E-state index in [2.05, 4.69) is 48.6 Å². The molecule has 1 fully saturated rings. The number of halogens is 1. The van der Waals surface area contributed by atoms with Gasteiger partial charge in [0.05, 0.1) is 0 Å². The number of benzene rings is 1. The van der Waals surface area contributed by atoms with E-state index in [0.29, 0.717) is 11.2 Å². The maximum absolute atomic E-state index is 12.1. The predicted molar refractivity (Wildman–Crippen MR) is 102 cm³/mol. The van der Waals surface area contributed by atoms with E-state index in [1.807, 2.05) is 25.1 Å². The first kappa shape index (κ1) is 17.2. The van der Waals surface area contributed by atoms with Crippen LogP contribution in [0.4, 0.5) is 20.7 Å². The molecular formula is C16H20BrN5OS. The standard InChI is InChI=1S/C16H20BrN5OS/c1-10-9-12(6-7-13(10)17)18-14(23)19-15-20-21-16(24-15)22-8-4-3-5-11(22)2/h6-7,9,11H,3-5,8H2,1-2H3,(H2,18,19,20,23). The minimum absolute atomic E-state index is 0.314. The number of piperidine rings is 1. The van der Waals surface area contributed by atoms with Crippen molar-refractivity contribution in [1.82, 2.24) is 10.2 Å². The Morgan fingerprint density at radius 1 is 1.33 bits per heavy atom. The molecule has 1 unspecified atom stereocenters. The zero-order valence-corrected chi connectivity index (χ0v) is 16.1. The largest absolute Gasteiger partial charge is 0.344 e. The number of hydrogen-bond acceptors (Lipinski definition) is 5. The number of carbonyl (C=O) groups is 1. The highest BCUT2D eigenvalue weighted by molar-refractivity contribution is 9.10. The lowest BCUT2D eigenvalue weighted by Crippen LogP contribution is -2.37. The number of amides is 2. The first-order chi connectivity index (χ1) is 11.5. The molecule has 8 heteroatoms. The van der Waals surface area contributed by atoms with Crippen LogP contribution >= 0.6 is 27.3 Å². The van der Waals surface area contributed by atoms with Gasteiger partial charge in [0.25, 0.3) is 0 Å². The molecule has 0 spiro atoms. The molecule has 24 heavy (non-hydrogen) atoms. The van der Waals surface area contributed by atoms with E-state index in [-0.39, 0.29) is 6.03 Å². The Bertz CT molecular complexity index is 735. The molecule has 2 heterocycles. The van der Waals surface area contributed by atoms with Crippen LogP contribution in [0.25, 0.3) is 0 Å². The third-order valence-corrected chi connectivity index (χ3v) is 5.86. The number of aromatic nitrogens is 2. The summed E-state index contributed by atoms with van der Waals surface area (Å²) in [6, 6.07) is 5.82. The van der Waals surface area contributed by atoms with Gasteiger partial charge in [-0.05, 0) is 56.9 Å². The number of carbonyl (C=O) groups excluding carboxylic acids is 1. The number of urea groups is 1. The third kappa shape index (κ3) is 4.05. The highest BCUT2D eigenvalue weighted by Gasteiger charge is 2.22. The monoisotopic (exact) mass is 409 g/mol. The molecule has 1 aromatic carbocycles. The van der Waals surface area contributed by atoms with Gasteiger partial charge in [-0.25, -0.2) is 4.79 Å².